The van der Waals surface area contributed by atoms with Crippen molar-refractivity contribution in [3.05, 3.63) is 65.7 Å². The van der Waals surface area contributed by atoms with Crippen molar-refractivity contribution in [3.8, 4) is 5.75 Å². The maximum Gasteiger partial charge on any atom is 0.416 e. The number of hydrogen-bond donors (Lipinski definition) is 1. The molecule has 0 aliphatic heterocycles. The van der Waals surface area contributed by atoms with Gasteiger partial charge in [0, 0.05) is 6.42 Å². The first-order chi connectivity index (χ1) is 10.3. The molecule has 2 aromatic rings. The molecule has 118 valence electrons. The third kappa shape index (κ3) is 3.80. The van der Waals surface area contributed by atoms with Crippen molar-refractivity contribution in [1.82, 2.24) is 0 Å². The molecule has 0 radical (unpaired) electrons. The number of rotatable bonds is 5. The first kappa shape index (κ1) is 16.4. The molecule has 2 N–H and O–H groups in total. The smallest absolute Gasteiger partial charge is 0.416 e. The van der Waals surface area contributed by atoms with Crippen LogP contribution in [-0.2, 0) is 11.8 Å². The third-order valence-electron chi connectivity index (χ3n) is 3.53. The summed E-state index contributed by atoms with van der Waals surface area (Å²) in [4.78, 5) is 0. The Morgan fingerprint density at radius 1 is 0.909 bits per heavy atom. The van der Waals surface area contributed by atoms with Crippen LogP contribution in [0.15, 0.2) is 54.6 Å². The summed E-state index contributed by atoms with van der Waals surface area (Å²) in [6.45, 7) is 2.29. The molecule has 2 nitrogen and oxygen atoms in total. The Balaban J connectivity index is 2.25. The second kappa shape index (κ2) is 6.40. The van der Waals surface area contributed by atoms with Crippen LogP contribution in [0.5, 0.6) is 5.75 Å². The summed E-state index contributed by atoms with van der Waals surface area (Å²) in [5.41, 5.74) is 5.21. The predicted octanol–water partition coefficient (Wildman–Crippen LogP) is 4.35. The topological polar surface area (TPSA) is 35.2 Å². The van der Waals surface area contributed by atoms with Gasteiger partial charge in [-0.1, -0.05) is 30.3 Å². The molecule has 1 unspecified atom stereocenters. The number of hydrogen-bond acceptors (Lipinski definition) is 2. The first-order valence-electron chi connectivity index (χ1n) is 6.97. The van der Waals surface area contributed by atoms with E-state index in [-0.39, 0.29) is 0 Å². The molecule has 22 heavy (non-hydrogen) atoms. The lowest BCUT2D eigenvalue weighted by molar-refractivity contribution is -0.137. The van der Waals surface area contributed by atoms with Gasteiger partial charge in [0.2, 0.25) is 0 Å². The third-order valence-corrected chi connectivity index (χ3v) is 3.53. The Labute approximate surface area is 127 Å². The molecule has 0 heterocycles. The number of ether oxygens (including phenoxy) is 1. The highest BCUT2D eigenvalue weighted by molar-refractivity contribution is 5.31. The average molecular weight is 309 g/mol. The zero-order chi connectivity index (χ0) is 16.2. The Kier molecular flexibility index (Phi) is 4.76. The van der Waals surface area contributed by atoms with E-state index in [9.17, 15) is 13.2 Å². The van der Waals surface area contributed by atoms with E-state index in [0.717, 1.165) is 17.7 Å². The van der Waals surface area contributed by atoms with Gasteiger partial charge in [-0.25, -0.2) is 0 Å². The van der Waals surface area contributed by atoms with Gasteiger partial charge >= 0.3 is 6.18 Å². The zero-order valence-electron chi connectivity index (χ0n) is 12.2. The molecular formula is C17H18F3NO. The van der Waals surface area contributed by atoms with Gasteiger partial charge in [-0.05, 0) is 43.3 Å². The molecule has 0 saturated heterocycles. The van der Waals surface area contributed by atoms with E-state index in [2.05, 4.69) is 0 Å². The summed E-state index contributed by atoms with van der Waals surface area (Å²) in [6, 6.07) is 14.2. The van der Waals surface area contributed by atoms with E-state index in [1.165, 1.54) is 12.1 Å². The van der Waals surface area contributed by atoms with Gasteiger partial charge in [0.25, 0.3) is 0 Å². The van der Waals surface area contributed by atoms with Gasteiger partial charge < -0.3 is 10.5 Å². The van der Waals surface area contributed by atoms with E-state index >= 15 is 0 Å². The molecule has 2 aromatic carbocycles. The number of halogens is 3. The summed E-state index contributed by atoms with van der Waals surface area (Å²) < 4.78 is 43.7. The molecule has 0 aliphatic carbocycles. The van der Waals surface area contributed by atoms with Crippen molar-refractivity contribution in [2.24, 2.45) is 5.73 Å². The fraction of sp³-hybridized carbons (Fsp3) is 0.294. The fourth-order valence-corrected chi connectivity index (χ4v) is 2.29. The molecule has 0 fully saturated rings. The maximum atomic E-state index is 12.6. The minimum absolute atomic E-state index is 0.382. The largest absolute Gasteiger partial charge is 0.483 e. The summed E-state index contributed by atoms with van der Waals surface area (Å²) in [6.07, 6.45) is -3.80. The standard InChI is InChI=1S/C17H18F3NO/c1-16(11-12-21,13-5-3-2-4-6-13)22-15-9-7-14(8-10-15)17(18,19)20/h2-10H,11-12,21H2,1H3. The Morgan fingerprint density at radius 3 is 2.00 bits per heavy atom. The highest BCUT2D eigenvalue weighted by atomic mass is 19.4. The van der Waals surface area contributed by atoms with Crippen molar-refractivity contribution < 1.29 is 17.9 Å². The molecule has 0 aliphatic rings. The molecule has 0 aromatic heterocycles. The van der Waals surface area contributed by atoms with E-state index in [1.807, 2.05) is 37.3 Å². The Bertz CT molecular complexity index is 596. The van der Waals surface area contributed by atoms with Crippen molar-refractivity contribution in [1.29, 1.82) is 0 Å². The van der Waals surface area contributed by atoms with Crippen LogP contribution in [0.2, 0.25) is 0 Å². The van der Waals surface area contributed by atoms with Gasteiger partial charge in [-0.3, -0.25) is 0 Å². The van der Waals surface area contributed by atoms with Crippen LogP contribution in [0.1, 0.15) is 24.5 Å². The Hall–Kier alpha value is -2.01. The number of alkyl halides is 3. The summed E-state index contributed by atoms with van der Waals surface area (Å²) in [5, 5.41) is 0. The lowest BCUT2D eigenvalue weighted by atomic mass is 9.92. The van der Waals surface area contributed by atoms with Gasteiger partial charge in [0.15, 0.2) is 0 Å². The minimum Gasteiger partial charge on any atom is -0.483 e. The predicted molar refractivity (Wildman–Crippen MR) is 79.5 cm³/mol. The van der Waals surface area contributed by atoms with Crippen LogP contribution in [-0.4, -0.2) is 6.54 Å². The van der Waals surface area contributed by atoms with Crippen molar-refractivity contribution >= 4 is 0 Å². The SMILES string of the molecule is CC(CCN)(Oc1ccc(C(F)(F)F)cc1)c1ccccc1. The van der Waals surface area contributed by atoms with Gasteiger partial charge in [-0.15, -0.1) is 0 Å². The van der Waals surface area contributed by atoms with Crippen molar-refractivity contribution in [2.75, 3.05) is 6.54 Å². The van der Waals surface area contributed by atoms with Gasteiger partial charge in [0.05, 0.1) is 5.56 Å². The maximum absolute atomic E-state index is 12.6. The molecule has 0 amide bonds. The molecule has 0 spiro atoms. The number of benzene rings is 2. The van der Waals surface area contributed by atoms with Crippen LogP contribution >= 0.6 is 0 Å². The second-order valence-electron chi connectivity index (χ2n) is 5.26. The minimum atomic E-state index is -4.35. The van der Waals surface area contributed by atoms with Crippen LogP contribution in [0.3, 0.4) is 0 Å². The highest BCUT2D eigenvalue weighted by Gasteiger charge is 2.31. The van der Waals surface area contributed by atoms with Gasteiger partial charge in [0.1, 0.15) is 11.4 Å². The summed E-state index contributed by atoms with van der Waals surface area (Å²) >= 11 is 0. The van der Waals surface area contributed by atoms with Crippen LogP contribution in [0, 0.1) is 0 Å². The van der Waals surface area contributed by atoms with Crippen LogP contribution in [0.4, 0.5) is 13.2 Å². The van der Waals surface area contributed by atoms with Gasteiger partial charge in [-0.2, -0.15) is 13.2 Å². The average Bonchev–Trinajstić information content (AvgIpc) is 2.48. The first-order valence-corrected chi connectivity index (χ1v) is 6.97. The van der Waals surface area contributed by atoms with E-state index in [4.69, 9.17) is 10.5 Å². The highest BCUT2D eigenvalue weighted by Crippen LogP contribution is 2.34. The molecule has 5 heteroatoms. The molecular weight excluding hydrogens is 291 g/mol. The van der Waals surface area contributed by atoms with E-state index < -0.39 is 17.3 Å². The summed E-state index contributed by atoms with van der Waals surface area (Å²) in [7, 11) is 0. The summed E-state index contributed by atoms with van der Waals surface area (Å²) in [5.74, 6) is 0.382. The molecule has 0 bridgehead atoms. The quantitative estimate of drug-likeness (QED) is 0.891. The van der Waals surface area contributed by atoms with E-state index in [1.54, 1.807) is 0 Å². The fourth-order valence-electron chi connectivity index (χ4n) is 2.29. The molecule has 0 saturated carbocycles. The lowest BCUT2D eigenvalue weighted by Crippen LogP contribution is -2.32. The zero-order valence-corrected chi connectivity index (χ0v) is 12.2. The van der Waals surface area contributed by atoms with Crippen molar-refractivity contribution in [2.45, 2.75) is 25.1 Å². The normalized spacial score (nSPS) is 14.4. The molecule has 2 rings (SSSR count). The van der Waals surface area contributed by atoms with Crippen LogP contribution < -0.4 is 10.5 Å². The lowest BCUT2D eigenvalue weighted by Gasteiger charge is -2.31. The monoisotopic (exact) mass is 309 g/mol. The second-order valence-corrected chi connectivity index (χ2v) is 5.26. The Morgan fingerprint density at radius 2 is 1.50 bits per heavy atom. The molecule has 1 atom stereocenters. The van der Waals surface area contributed by atoms with Crippen molar-refractivity contribution in [3.63, 3.8) is 0 Å². The van der Waals surface area contributed by atoms with Crippen LogP contribution in [0.25, 0.3) is 0 Å². The number of nitrogens with two attached hydrogens (primary N) is 1. The van der Waals surface area contributed by atoms with E-state index in [0.29, 0.717) is 18.7 Å².